The predicted octanol–water partition coefficient (Wildman–Crippen LogP) is 2.26. The summed E-state index contributed by atoms with van der Waals surface area (Å²) in [7, 11) is 0. The second kappa shape index (κ2) is 7.47. The zero-order valence-electron chi connectivity index (χ0n) is 13.3. The van der Waals surface area contributed by atoms with Gasteiger partial charge in [0.15, 0.2) is 0 Å². The van der Waals surface area contributed by atoms with Crippen molar-refractivity contribution in [3.63, 3.8) is 0 Å². The van der Waals surface area contributed by atoms with Crippen molar-refractivity contribution in [2.75, 3.05) is 0 Å². The topological polar surface area (TPSA) is 149 Å². The molecule has 0 fully saturated rings. The SMILES string of the molecule is O=C(O)c1cc(CCc2cc(C(=O)O)cc(C(=O)O)c2)cc(C(=O)O)c1. The molecule has 0 aliphatic carbocycles. The van der Waals surface area contributed by atoms with Crippen LogP contribution in [0.4, 0.5) is 0 Å². The third kappa shape index (κ3) is 4.44. The van der Waals surface area contributed by atoms with Gasteiger partial charge < -0.3 is 20.4 Å². The van der Waals surface area contributed by atoms with Crippen LogP contribution < -0.4 is 0 Å². The molecule has 0 atom stereocenters. The highest BCUT2D eigenvalue weighted by molar-refractivity contribution is 5.95. The molecule has 0 unspecified atom stereocenters. The van der Waals surface area contributed by atoms with Crippen LogP contribution in [-0.2, 0) is 12.8 Å². The fourth-order valence-electron chi connectivity index (χ4n) is 2.46. The predicted molar refractivity (Wildman–Crippen MR) is 88.1 cm³/mol. The smallest absolute Gasteiger partial charge is 0.335 e. The number of carbonyl (C=O) groups is 4. The summed E-state index contributed by atoms with van der Waals surface area (Å²) >= 11 is 0. The van der Waals surface area contributed by atoms with Gasteiger partial charge in [-0.2, -0.15) is 0 Å². The summed E-state index contributed by atoms with van der Waals surface area (Å²) in [5.41, 5.74) is 0.159. The third-order valence-corrected chi connectivity index (χ3v) is 3.68. The van der Waals surface area contributed by atoms with Crippen molar-refractivity contribution < 1.29 is 39.6 Å². The van der Waals surface area contributed by atoms with Gasteiger partial charge in [-0.25, -0.2) is 19.2 Å². The van der Waals surface area contributed by atoms with Crippen molar-refractivity contribution in [1.29, 1.82) is 0 Å². The zero-order valence-corrected chi connectivity index (χ0v) is 13.3. The van der Waals surface area contributed by atoms with Gasteiger partial charge in [0, 0.05) is 0 Å². The molecule has 134 valence electrons. The lowest BCUT2D eigenvalue weighted by molar-refractivity contribution is 0.0676. The quantitative estimate of drug-likeness (QED) is 0.589. The molecule has 2 aromatic rings. The maximum absolute atomic E-state index is 11.1. The molecule has 2 aromatic carbocycles. The van der Waals surface area contributed by atoms with Gasteiger partial charge in [0.2, 0.25) is 0 Å². The van der Waals surface area contributed by atoms with Crippen LogP contribution >= 0.6 is 0 Å². The van der Waals surface area contributed by atoms with Crippen LogP contribution in [0.5, 0.6) is 0 Å². The van der Waals surface area contributed by atoms with E-state index in [0.717, 1.165) is 12.1 Å². The molecule has 0 bridgehead atoms. The highest BCUT2D eigenvalue weighted by atomic mass is 16.4. The van der Waals surface area contributed by atoms with Gasteiger partial charge in [0.05, 0.1) is 22.3 Å². The van der Waals surface area contributed by atoms with Gasteiger partial charge in [0.1, 0.15) is 0 Å². The molecule has 26 heavy (non-hydrogen) atoms. The number of carboxylic acid groups (broad SMARTS) is 4. The van der Waals surface area contributed by atoms with Gasteiger partial charge in [-0.3, -0.25) is 0 Å². The Kier molecular flexibility index (Phi) is 5.36. The minimum absolute atomic E-state index is 0.176. The monoisotopic (exact) mass is 358 g/mol. The van der Waals surface area contributed by atoms with Crippen LogP contribution in [0.3, 0.4) is 0 Å². The van der Waals surface area contributed by atoms with Crippen molar-refractivity contribution in [1.82, 2.24) is 0 Å². The highest BCUT2D eigenvalue weighted by Gasteiger charge is 2.14. The maximum atomic E-state index is 11.1. The fourth-order valence-corrected chi connectivity index (χ4v) is 2.46. The number of hydrogen-bond donors (Lipinski definition) is 4. The molecule has 4 N–H and O–H groups in total. The fraction of sp³-hybridized carbons (Fsp3) is 0.111. The van der Waals surface area contributed by atoms with Crippen molar-refractivity contribution in [3.05, 3.63) is 69.8 Å². The summed E-state index contributed by atoms with van der Waals surface area (Å²) in [6.07, 6.45) is 0.424. The highest BCUT2D eigenvalue weighted by Crippen LogP contribution is 2.16. The van der Waals surface area contributed by atoms with Gasteiger partial charge >= 0.3 is 23.9 Å². The lowest BCUT2D eigenvalue weighted by atomic mass is 9.97. The summed E-state index contributed by atoms with van der Waals surface area (Å²) in [6.45, 7) is 0. The second-order valence-corrected chi connectivity index (χ2v) is 5.56. The van der Waals surface area contributed by atoms with E-state index in [9.17, 15) is 19.2 Å². The Hall–Kier alpha value is -3.68. The molecular formula is C18H14O8. The molecule has 8 nitrogen and oxygen atoms in total. The van der Waals surface area contributed by atoms with Gasteiger partial charge in [-0.15, -0.1) is 0 Å². The minimum atomic E-state index is -1.27. The van der Waals surface area contributed by atoms with E-state index < -0.39 is 23.9 Å². The summed E-state index contributed by atoms with van der Waals surface area (Å²) in [5.74, 6) is -5.07. The van der Waals surface area contributed by atoms with Crippen molar-refractivity contribution in [2.45, 2.75) is 12.8 Å². The van der Waals surface area contributed by atoms with E-state index in [4.69, 9.17) is 20.4 Å². The molecule has 0 aromatic heterocycles. The molecule has 8 heteroatoms. The Morgan fingerprint density at radius 2 is 0.731 bits per heavy atom. The van der Waals surface area contributed by atoms with E-state index in [1.165, 1.54) is 24.3 Å². The first-order valence-electron chi connectivity index (χ1n) is 7.38. The first kappa shape index (κ1) is 18.7. The number of rotatable bonds is 7. The summed E-state index contributed by atoms with van der Waals surface area (Å²) in [6, 6.07) is 7.40. The van der Waals surface area contributed by atoms with Crippen LogP contribution in [0.25, 0.3) is 0 Å². The van der Waals surface area contributed by atoms with E-state index in [1.807, 2.05) is 0 Å². The van der Waals surface area contributed by atoms with E-state index in [-0.39, 0.29) is 35.1 Å². The van der Waals surface area contributed by atoms with Crippen molar-refractivity contribution >= 4 is 23.9 Å². The number of aryl methyl sites for hydroxylation is 2. The Morgan fingerprint density at radius 3 is 0.923 bits per heavy atom. The number of benzene rings is 2. The van der Waals surface area contributed by atoms with Crippen LogP contribution in [0, 0.1) is 0 Å². The molecule has 0 amide bonds. The van der Waals surface area contributed by atoms with E-state index in [0.29, 0.717) is 11.1 Å². The number of carboxylic acids is 4. The van der Waals surface area contributed by atoms with Crippen molar-refractivity contribution in [2.24, 2.45) is 0 Å². The molecule has 2 rings (SSSR count). The third-order valence-electron chi connectivity index (χ3n) is 3.68. The Bertz CT molecular complexity index is 773. The molecular weight excluding hydrogens is 344 g/mol. The molecule has 0 saturated carbocycles. The lowest BCUT2D eigenvalue weighted by Crippen LogP contribution is -2.06. The van der Waals surface area contributed by atoms with Crippen LogP contribution in [0.2, 0.25) is 0 Å². The first-order valence-corrected chi connectivity index (χ1v) is 7.38. The molecule has 0 saturated heterocycles. The van der Waals surface area contributed by atoms with Gasteiger partial charge in [-0.1, -0.05) is 0 Å². The summed E-state index contributed by atoms with van der Waals surface area (Å²) in [5, 5.41) is 36.3. The van der Waals surface area contributed by atoms with E-state index >= 15 is 0 Å². The Balaban J connectivity index is 2.33. The number of aromatic carboxylic acids is 4. The van der Waals surface area contributed by atoms with Crippen LogP contribution in [-0.4, -0.2) is 44.3 Å². The van der Waals surface area contributed by atoms with Crippen LogP contribution in [0.1, 0.15) is 52.6 Å². The largest absolute Gasteiger partial charge is 0.478 e. The average Bonchev–Trinajstić information content (AvgIpc) is 2.59. The van der Waals surface area contributed by atoms with E-state index in [1.54, 1.807) is 0 Å². The molecule has 0 radical (unpaired) electrons. The van der Waals surface area contributed by atoms with E-state index in [2.05, 4.69) is 0 Å². The Labute approximate surface area is 147 Å². The Morgan fingerprint density at radius 1 is 0.500 bits per heavy atom. The molecule has 0 heterocycles. The van der Waals surface area contributed by atoms with Crippen molar-refractivity contribution in [3.8, 4) is 0 Å². The van der Waals surface area contributed by atoms with Crippen LogP contribution in [0.15, 0.2) is 36.4 Å². The normalized spacial score (nSPS) is 10.3. The summed E-state index contributed by atoms with van der Waals surface area (Å²) in [4.78, 5) is 44.5. The van der Waals surface area contributed by atoms with Gasteiger partial charge in [-0.05, 0) is 60.4 Å². The molecule has 0 aliphatic rings. The zero-order chi connectivity index (χ0) is 19.4. The van der Waals surface area contributed by atoms with Gasteiger partial charge in [0.25, 0.3) is 0 Å². The molecule has 0 aliphatic heterocycles. The average molecular weight is 358 g/mol. The minimum Gasteiger partial charge on any atom is -0.478 e. The first-order chi connectivity index (χ1) is 12.2. The molecule has 0 spiro atoms. The number of hydrogen-bond acceptors (Lipinski definition) is 4. The standard InChI is InChI=1S/C18H14O8/c19-15(20)11-3-9(4-12(7-11)16(21)22)1-2-10-5-13(17(23)24)8-14(6-10)18(25)26/h3-8H,1-2H2,(H,19,20)(H,21,22)(H,23,24)(H,25,26). The lowest BCUT2D eigenvalue weighted by Gasteiger charge is -2.08. The second-order valence-electron chi connectivity index (χ2n) is 5.56. The maximum Gasteiger partial charge on any atom is 0.335 e. The summed E-state index contributed by atoms with van der Waals surface area (Å²) < 4.78 is 0.